The molecule has 0 bridgehead atoms. The summed E-state index contributed by atoms with van der Waals surface area (Å²) in [5.74, 6) is 0.119. The van der Waals surface area contributed by atoms with Gasteiger partial charge >= 0.3 is 10.1 Å². The van der Waals surface area contributed by atoms with Gasteiger partial charge in [-0.3, -0.25) is 4.79 Å². The maximum Gasteiger partial charge on any atom is 0.339 e. The van der Waals surface area contributed by atoms with Gasteiger partial charge in [-0.15, -0.1) is 0 Å². The van der Waals surface area contributed by atoms with E-state index in [1.165, 1.54) is 25.5 Å². The van der Waals surface area contributed by atoms with Crippen molar-refractivity contribution in [2.75, 3.05) is 7.11 Å². The van der Waals surface area contributed by atoms with Gasteiger partial charge in [0.25, 0.3) is 5.91 Å². The van der Waals surface area contributed by atoms with Gasteiger partial charge in [-0.1, -0.05) is 24.3 Å². The zero-order valence-corrected chi connectivity index (χ0v) is 21.0. The minimum absolute atomic E-state index is 0.0404. The van der Waals surface area contributed by atoms with Crippen LogP contribution in [-0.2, 0) is 10.1 Å². The molecule has 0 aliphatic heterocycles. The monoisotopic (exact) mass is 580 g/mol. The van der Waals surface area contributed by atoms with Crippen molar-refractivity contribution in [2.24, 2.45) is 5.10 Å². The third-order valence-corrected chi connectivity index (χ3v) is 6.64. The topological polar surface area (TPSA) is 94.1 Å². The molecule has 0 saturated heterocycles. The number of methoxy groups -OCH3 is 1. The second kappa shape index (κ2) is 10.3. The molecule has 0 unspecified atom stereocenters. The predicted octanol–water partition coefficient (Wildman–Crippen LogP) is 5.06. The first-order valence-electron chi connectivity index (χ1n) is 9.18. The summed E-state index contributed by atoms with van der Waals surface area (Å²) in [6.45, 7) is 1.90. The molecule has 0 heterocycles. The van der Waals surface area contributed by atoms with Crippen LogP contribution in [0.25, 0.3) is 0 Å². The predicted molar refractivity (Wildman–Crippen MR) is 129 cm³/mol. The molecule has 0 atom stereocenters. The van der Waals surface area contributed by atoms with Crippen LogP contribution in [-0.4, -0.2) is 27.6 Å². The summed E-state index contributed by atoms with van der Waals surface area (Å²) >= 11 is 6.64. The van der Waals surface area contributed by atoms with E-state index in [-0.39, 0.29) is 10.6 Å². The van der Waals surface area contributed by atoms with Crippen LogP contribution in [0.3, 0.4) is 0 Å². The Hall–Kier alpha value is -2.69. The molecule has 0 aliphatic carbocycles. The van der Waals surface area contributed by atoms with E-state index < -0.39 is 16.0 Å². The highest BCUT2D eigenvalue weighted by atomic mass is 79.9. The molecule has 0 spiro atoms. The summed E-state index contributed by atoms with van der Waals surface area (Å²) in [5, 5.41) is 3.97. The fraction of sp³-hybridized carbons (Fsp3) is 0.0909. The number of amides is 1. The molecule has 166 valence electrons. The second-order valence-corrected chi connectivity index (χ2v) is 9.82. The summed E-state index contributed by atoms with van der Waals surface area (Å²) < 4.78 is 36.3. The number of hydrogen-bond acceptors (Lipinski definition) is 6. The van der Waals surface area contributed by atoms with Crippen molar-refractivity contribution in [2.45, 2.75) is 11.8 Å². The number of aryl methyl sites for hydroxylation is 1. The number of hydrogen-bond donors (Lipinski definition) is 1. The number of benzene rings is 3. The molecule has 32 heavy (non-hydrogen) atoms. The van der Waals surface area contributed by atoms with Crippen molar-refractivity contribution >= 4 is 54.1 Å². The van der Waals surface area contributed by atoms with Crippen molar-refractivity contribution < 1.29 is 22.1 Å². The van der Waals surface area contributed by atoms with Crippen molar-refractivity contribution in [1.29, 1.82) is 0 Å². The number of hydrazone groups is 1. The highest BCUT2D eigenvalue weighted by Crippen LogP contribution is 2.36. The number of carbonyl (C=O) groups is 1. The minimum Gasteiger partial charge on any atom is -0.496 e. The van der Waals surface area contributed by atoms with E-state index in [1.54, 1.807) is 48.5 Å². The highest BCUT2D eigenvalue weighted by molar-refractivity contribution is 9.11. The van der Waals surface area contributed by atoms with Crippen LogP contribution in [0.15, 0.2) is 79.6 Å². The van der Waals surface area contributed by atoms with Crippen LogP contribution in [0.2, 0.25) is 0 Å². The van der Waals surface area contributed by atoms with Gasteiger partial charge in [0, 0.05) is 0 Å². The number of carbonyl (C=O) groups excluding carboxylic acids is 1. The molecule has 3 aromatic carbocycles. The Balaban J connectivity index is 1.75. The number of rotatable bonds is 7. The lowest BCUT2D eigenvalue weighted by Crippen LogP contribution is -2.18. The summed E-state index contributed by atoms with van der Waals surface area (Å²) in [5.41, 5.74) is 4.36. The van der Waals surface area contributed by atoms with Crippen molar-refractivity contribution in [1.82, 2.24) is 5.43 Å². The average Bonchev–Trinajstić information content (AvgIpc) is 2.76. The largest absolute Gasteiger partial charge is 0.496 e. The summed E-state index contributed by atoms with van der Waals surface area (Å²) in [6, 6.07) is 16.3. The smallest absolute Gasteiger partial charge is 0.339 e. The molecule has 10 heteroatoms. The summed E-state index contributed by atoms with van der Waals surface area (Å²) in [4.78, 5) is 12.4. The molecule has 1 N–H and O–H groups in total. The van der Waals surface area contributed by atoms with Crippen molar-refractivity contribution in [3.8, 4) is 11.5 Å². The molecule has 3 aromatic rings. The standard InChI is InChI=1S/C22H18Br2N2O5S/c1-14-8-9-17(20(10-14)30-2)22(27)26-25-13-15-11-18(23)21(19(24)12-15)31-32(28,29)16-6-4-3-5-7-16/h3-13H,1-2H3,(H,26,27)/b25-13-. The third kappa shape index (κ3) is 5.76. The maximum atomic E-state index is 12.5. The van der Waals surface area contributed by atoms with Crippen molar-refractivity contribution in [3.63, 3.8) is 0 Å². The molecule has 0 saturated carbocycles. The van der Waals surface area contributed by atoms with Crippen LogP contribution in [0.1, 0.15) is 21.5 Å². The fourth-order valence-electron chi connectivity index (χ4n) is 2.69. The molecule has 0 radical (unpaired) electrons. The highest BCUT2D eigenvalue weighted by Gasteiger charge is 2.20. The number of nitrogens with zero attached hydrogens (tertiary/aromatic N) is 1. The minimum atomic E-state index is -4.00. The number of ether oxygens (including phenoxy) is 1. The van der Waals surface area contributed by atoms with Crippen LogP contribution in [0, 0.1) is 6.92 Å². The Bertz CT molecular complexity index is 1260. The first-order valence-corrected chi connectivity index (χ1v) is 12.2. The molecule has 1 amide bonds. The van der Waals surface area contributed by atoms with Crippen LogP contribution >= 0.6 is 31.9 Å². The molecular formula is C22H18Br2N2O5S. The number of halogens is 2. The van der Waals surface area contributed by atoms with E-state index in [1.807, 2.05) is 6.92 Å². The summed E-state index contributed by atoms with van der Waals surface area (Å²) in [6.07, 6.45) is 1.42. The van der Waals surface area contributed by atoms with Gasteiger partial charge in [0.2, 0.25) is 0 Å². The summed E-state index contributed by atoms with van der Waals surface area (Å²) in [7, 11) is -2.51. The van der Waals surface area contributed by atoms with Crippen LogP contribution in [0.4, 0.5) is 0 Å². The maximum absolute atomic E-state index is 12.5. The molecule has 0 aromatic heterocycles. The van der Waals surface area contributed by atoms with E-state index in [4.69, 9.17) is 8.92 Å². The third-order valence-electron chi connectivity index (χ3n) is 4.23. The lowest BCUT2D eigenvalue weighted by Gasteiger charge is -2.11. The van der Waals surface area contributed by atoms with Gasteiger partial charge in [0.05, 0.1) is 27.8 Å². The van der Waals surface area contributed by atoms with Gasteiger partial charge in [0.1, 0.15) is 10.6 Å². The van der Waals surface area contributed by atoms with Gasteiger partial charge < -0.3 is 8.92 Å². The van der Waals surface area contributed by atoms with E-state index in [2.05, 4.69) is 42.4 Å². The normalized spacial score (nSPS) is 11.4. The van der Waals surface area contributed by atoms with E-state index in [0.717, 1.165) is 5.56 Å². The molecular weight excluding hydrogens is 564 g/mol. The lowest BCUT2D eigenvalue weighted by molar-refractivity contribution is 0.0952. The van der Waals surface area contributed by atoms with E-state index >= 15 is 0 Å². The second-order valence-electron chi connectivity index (χ2n) is 6.57. The van der Waals surface area contributed by atoms with Gasteiger partial charge in [0.15, 0.2) is 5.75 Å². The molecule has 3 rings (SSSR count). The van der Waals surface area contributed by atoms with Gasteiger partial charge in [-0.2, -0.15) is 13.5 Å². The fourth-order valence-corrected chi connectivity index (χ4v) is 5.27. The first kappa shape index (κ1) is 24.0. The SMILES string of the molecule is COc1cc(C)ccc1C(=O)N/N=C\c1cc(Br)c(OS(=O)(=O)c2ccccc2)c(Br)c1. The first-order chi connectivity index (χ1) is 15.2. The Morgan fingerprint density at radius 2 is 1.69 bits per heavy atom. The Morgan fingerprint density at radius 3 is 2.31 bits per heavy atom. The van der Waals surface area contributed by atoms with Gasteiger partial charge in [-0.25, -0.2) is 5.43 Å². The molecule has 0 aliphatic rings. The Morgan fingerprint density at radius 1 is 1.03 bits per heavy atom. The average molecular weight is 582 g/mol. The van der Waals surface area contributed by atoms with Crippen LogP contribution in [0.5, 0.6) is 11.5 Å². The van der Waals surface area contributed by atoms with E-state index in [9.17, 15) is 13.2 Å². The Labute approximate surface area is 202 Å². The van der Waals surface area contributed by atoms with Gasteiger partial charge in [-0.05, 0) is 86.3 Å². The Kier molecular flexibility index (Phi) is 7.70. The zero-order valence-electron chi connectivity index (χ0n) is 17.0. The lowest BCUT2D eigenvalue weighted by atomic mass is 10.1. The van der Waals surface area contributed by atoms with E-state index in [0.29, 0.717) is 25.8 Å². The van der Waals surface area contributed by atoms with Crippen LogP contribution < -0.4 is 14.3 Å². The quantitative estimate of drug-likeness (QED) is 0.239. The van der Waals surface area contributed by atoms with Crippen molar-refractivity contribution in [3.05, 3.63) is 86.3 Å². The number of nitrogens with one attached hydrogen (secondary N) is 1. The zero-order chi connectivity index (χ0) is 23.3. The molecule has 7 nitrogen and oxygen atoms in total. The molecule has 0 fully saturated rings.